The number of carbonyl (C=O) groups is 4. The topological polar surface area (TPSA) is 323 Å². The predicted octanol–water partition coefficient (Wildman–Crippen LogP) is 20.8. The van der Waals surface area contributed by atoms with Crippen LogP contribution in [0.25, 0.3) is 88.1 Å². The molecule has 0 radical (unpaired) electrons. The van der Waals surface area contributed by atoms with Crippen molar-refractivity contribution in [3.63, 3.8) is 0 Å². The van der Waals surface area contributed by atoms with Crippen molar-refractivity contribution in [2.24, 2.45) is 5.73 Å². The van der Waals surface area contributed by atoms with Crippen LogP contribution in [0.1, 0.15) is 122 Å². The molecule has 134 heavy (non-hydrogen) atoms. The minimum atomic E-state index is -1.35. The summed E-state index contributed by atoms with van der Waals surface area (Å²) in [5, 5.41) is 53.5. The lowest BCUT2D eigenvalue weighted by molar-refractivity contribution is 0.0684. The van der Waals surface area contributed by atoms with Crippen LogP contribution in [0.2, 0.25) is 0 Å². The highest BCUT2D eigenvalue weighted by Gasteiger charge is 2.24. The van der Waals surface area contributed by atoms with Gasteiger partial charge in [0.15, 0.2) is 0 Å². The Balaban J connectivity index is 0.000000152. The SMILES string of the molecule is CCCCCCNc1cc2c(cc1F)c(=O)c(C(=O)O)cn2Cc1ccc(-c2ccccc2)cc1.CCCCNc1cc2c(cc1F)c(=O)c(C(=O)O)cn2Cc1ccc(-c2ccccc2)cc1.CNCCCNc1cc2c(cc1F)c(=O)c(C(=O)O)cn2Cc1ccc(-c2ccccc2)cc1.NCCNc1cc2c(cc1F)c(=O)c(C(=O)O)cn2Cc1ccc(-c2ccccc2)cc1. The number of aromatic carboxylic acids is 4. The Morgan fingerprint density at radius 2 is 0.522 bits per heavy atom. The maximum atomic E-state index is 14.8. The number of halogens is 4. The van der Waals surface area contributed by atoms with E-state index in [9.17, 15) is 76.3 Å². The van der Waals surface area contributed by atoms with E-state index >= 15 is 0 Å². The van der Waals surface area contributed by atoms with Crippen molar-refractivity contribution in [2.75, 3.05) is 67.6 Å². The second-order valence-corrected chi connectivity index (χ2v) is 32.2. The summed E-state index contributed by atoms with van der Waals surface area (Å²) in [5.41, 5.74) is 16.5. The third-order valence-corrected chi connectivity index (χ3v) is 22.8. The molecular formula is C108H102F4N10O12. The summed E-state index contributed by atoms with van der Waals surface area (Å²) in [6.07, 6.45) is 12.2. The standard InChI is InChI=1S/C29H29FN2O3.C27H26FN3O3.C27H25FN2O3.C25H22FN3O3/c1-2-3-4-8-15-31-26-17-27-23(16-25(26)30)28(33)24(29(34)35)19-32(27)18-20-11-13-22(14-12-20)21-9-6-5-7-10-21;1-29-12-5-13-30-24-15-25-21(14-23(24)28)26(32)22(27(33)34)17-31(25)16-18-8-10-20(11-9-18)19-6-3-2-4-7-19;1-2-3-13-29-24-15-25-21(14-23(24)28)26(31)22(27(32)33)17-30(25)16-18-9-11-20(12-10-18)19-7-5-4-6-8-19;26-21-12-19-23(13-22(21)28-11-10-27)29(15-20(24(19)30)25(31)32)14-16-6-8-18(9-7-16)17-4-2-1-3-5-17/h5-7,9-14,16-17,19,31H,2-4,8,15,18H2,1H3,(H,34,35);2-4,6-11,14-15,17,29-30H,5,12-13,16H2,1H3,(H,33,34);4-12,14-15,17,29H,2-3,13,16H2,1H3,(H,32,33);1-9,12-13,15,28H,10-11,14,27H2,(H,31,32). The van der Waals surface area contributed by atoms with Crippen molar-refractivity contribution in [3.8, 4) is 44.5 Å². The number of rotatable bonds is 34. The van der Waals surface area contributed by atoms with Gasteiger partial charge >= 0.3 is 23.9 Å². The highest BCUT2D eigenvalue weighted by Crippen LogP contribution is 2.32. The van der Waals surface area contributed by atoms with Gasteiger partial charge in [-0.15, -0.1) is 0 Å². The number of unbranched alkanes of at least 4 members (excludes halogenated alkanes) is 4. The van der Waals surface area contributed by atoms with Crippen molar-refractivity contribution in [1.29, 1.82) is 0 Å². The number of carboxylic acid groups (broad SMARTS) is 4. The fourth-order valence-corrected chi connectivity index (χ4v) is 15.7. The van der Waals surface area contributed by atoms with Crippen LogP contribution in [0.15, 0.2) is 311 Å². The maximum absolute atomic E-state index is 14.8. The molecule has 0 saturated carbocycles. The lowest BCUT2D eigenvalue weighted by Crippen LogP contribution is -2.20. The van der Waals surface area contributed by atoms with Gasteiger partial charge in [-0.05, 0) is 148 Å². The molecule has 0 aliphatic carbocycles. The fraction of sp³-hybridized carbons (Fsp3) is 0.185. The number of fused-ring (bicyclic) bond motifs is 4. The van der Waals surface area contributed by atoms with Gasteiger partial charge in [0.2, 0.25) is 21.7 Å². The Kier molecular flexibility index (Phi) is 32.6. The van der Waals surface area contributed by atoms with Crippen LogP contribution in [0.5, 0.6) is 0 Å². The van der Waals surface area contributed by atoms with Gasteiger partial charge in [0.1, 0.15) is 45.5 Å². The number of aromatic nitrogens is 4. The average Bonchev–Trinajstić information content (AvgIpc) is 0.778. The van der Waals surface area contributed by atoms with E-state index in [1.165, 1.54) is 30.9 Å². The average molecular weight is 1810 g/mol. The van der Waals surface area contributed by atoms with Gasteiger partial charge in [-0.3, -0.25) is 19.2 Å². The molecular weight excluding hydrogens is 1710 g/mol. The van der Waals surface area contributed by atoms with Crippen molar-refractivity contribution in [1.82, 2.24) is 23.6 Å². The lowest BCUT2D eigenvalue weighted by atomic mass is 10.0. The molecule has 22 nitrogen and oxygen atoms in total. The first-order valence-corrected chi connectivity index (χ1v) is 44.2. The third-order valence-electron chi connectivity index (χ3n) is 22.8. The molecule has 684 valence electrons. The molecule has 4 aromatic heterocycles. The van der Waals surface area contributed by atoms with Crippen molar-refractivity contribution < 1.29 is 57.2 Å². The normalized spacial score (nSPS) is 11.0. The van der Waals surface area contributed by atoms with Crippen molar-refractivity contribution in [3.05, 3.63) is 400 Å². The van der Waals surface area contributed by atoms with Gasteiger partial charge in [0.25, 0.3) is 0 Å². The largest absolute Gasteiger partial charge is 0.477 e. The number of hydrogen-bond donors (Lipinski definition) is 10. The minimum absolute atomic E-state index is 0.0154. The van der Waals surface area contributed by atoms with E-state index in [-0.39, 0.29) is 49.6 Å². The van der Waals surface area contributed by atoms with Crippen LogP contribution in [-0.4, -0.2) is 109 Å². The van der Waals surface area contributed by atoms with E-state index in [1.807, 2.05) is 232 Å². The first kappa shape index (κ1) is 95.8. The van der Waals surface area contributed by atoms with E-state index in [0.29, 0.717) is 92.3 Å². The Morgan fingerprint density at radius 1 is 0.291 bits per heavy atom. The molecule has 0 saturated heterocycles. The Morgan fingerprint density at radius 3 is 0.754 bits per heavy atom. The molecule has 11 N–H and O–H groups in total. The van der Waals surface area contributed by atoms with Crippen LogP contribution < -0.4 is 54.0 Å². The number of nitrogens with zero attached hydrogens (tertiary/aromatic N) is 4. The summed E-state index contributed by atoms with van der Waals surface area (Å²) >= 11 is 0. The molecule has 16 aromatic rings. The summed E-state index contributed by atoms with van der Waals surface area (Å²) in [5.74, 6) is -7.71. The number of carboxylic acids is 4. The minimum Gasteiger partial charge on any atom is -0.477 e. The lowest BCUT2D eigenvalue weighted by Gasteiger charge is -2.15. The Labute approximate surface area is 770 Å². The molecule has 26 heteroatoms. The van der Waals surface area contributed by atoms with Crippen LogP contribution in [0.4, 0.5) is 40.3 Å². The summed E-state index contributed by atoms with van der Waals surface area (Å²) in [7, 11) is 1.85. The summed E-state index contributed by atoms with van der Waals surface area (Å²) in [6, 6.07) is 82.4. The summed E-state index contributed by atoms with van der Waals surface area (Å²) in [4.78, 5) is 97.7. The Hall–Kier alpha value is -15.8. The van der Waals surface area contributed by atoms with E-state index in [1.54, 1.807) is 36.5 Å². The van der Waals surface area contributed by atoms with Gasteiger partial charge in [0.05, 0.1) is 44.8 Å². The van der Waals surface area contributed by atoms with E-state index in [0.717, 1.165) is 143 Å². The zero-order chi connectivity index (χ0) is 94.9. The zero-order valence-electron chi connectivity index (χ0n) is 74.2. The van der Waals surface area contributed by atoms with Crippen molar-refractivity contribution in [2.45, 2.75) is 85.0 Å². The van der Waals surface area contributed by atoms with Crippen LogP contribution in [0.3, 0.4) is 0 Å². The highest BCUT2D eigenvalue weighted by molar-refractivity contribution is 5.97. The fourth-order valence-electron chi connectivity index (χ4n) is 15.7. The predicted molar refractivity (Wildman–Crippen MR) is 525 cm³/mol. The summed E-state index contributed by atoms with van der Waals surface area (Å²) in [6.45, 7) is 8.76. The van der Waals surface area contributed by atoms with E-state index < -0.39 is 74.4 Å². The molecule has 16 rings (SSSR count). The number of nitrogens with two attached hydrogens (primary N) is 1. The third kappa shape index (κ3) is 23.9. The monoisotopic (exact) mass is 1810 g/mol. The maximum Gasteiger partial charge on any atom is 0.341 e. The molecule has 0 bridgehead atoms. The molecule has 0 aliphatic rings. The molecule has 0 unspecified atom stereocenters. The zero-order valence-corrected chi connectivity index (χ0v) is 74.2. The Bertz CT molecular complexity index is 7130. The molecule has 4 heterocycles. The number of anilines is 4. The number of hydrogen-bond acceptors (Lipinski definition) is 14. The highest BCUT2D eigenvalue weighted by atomic mass is 19.1. The van der Waals surface area contributed by atoms with E-state index in [4.69, 9.17) is 5.73 Å². The molecule has 12 aromatic carbocycles. The first-order valence-electron chi connectivity index (χ1n) is 44.2. The number of pyridine rings is 4. The molecule has 0 aliphatic heterocycles. The number of nitrogens with one attached hydrogen (secondary N) is 5. The second kappa shape index (κ2) is 45.6. The number of benzene rings is 12. The van der Waals surface area contributed by atoms with Crippen LogP contribution in [0, 0.1) is 23.3 Å². The van der Waals surface area contributed by atoms with E-state index in [2.05, 4.69) is 33.5 Å². The molecule has 0 amide bonds. The first-order chi connectivity index (χ1) is 64.9. The summed E-state index contributed by atoms with van der Waals surface area (Å²) < 4.78 is 65.5. The van der Waals surface area contributed by atoms with Gasteiger partial charge in [-0.1, -0.05) is 258 Å². The molecule has 0 spiro atoms. The van der Waals surface area contributed by atoms with Gasteiger partial charge in [-0.2, -0.15) is 0 Å². The van der Waals surface area contributed by atoms with Gasteiger partial charge in [-0.25, -0.2) is 36.7 Å². The van der Waals surface area contributed by atoms with Gasteiger partial charge in [0, 0.05) is 105 Å². The molecule has 0 fully saturated rings. The quantitative estimate of drug-likeness (QED) is 0.0132. The van der Waals surface area contributed by atoms with Gasteiger partial charge < -0.3 is 71.0 Å². The second-order valence-electron chi connectivity index (χ2n) is 32.2. The smallest absolute Gasteiger partial charge is 0.341 e. The van der Waals surface area contributed by atoms with Crippen LogP contribution >= 0.6 is 0 Å². The van der Waals surface area contributed by atoms with Crippen molar-refractivity contribution >= 4 is 90.2 Å². The van der Waals surface area contributed by atoms with Crippen LogP contribution in [-0.2, 0) is 26.2 Å². The molecule has 0 atom stereocenters.